The molecule has 2 aliphatic heterocycles. The van der Waals surface area contributed by atoms with Crippen LogP contribution in [0.25, 0.3) is 0 Å². The lowest BCUT2D eigenvalue weighted by atomic mass is 10.1. The number of fused-ring (bicyclic) bond motifs is 2. The van der Waals surface area contributed by atoms with E-state index >= 15 is 0 Å². The number of hydrogen-bond donors (Lipinski definition) is 0. The Morgan fingerprint density at radius 1 is 0.412 bits per heavy atom. The van der Waals surface area contributed by atoms with Crippen LogP contribution in [-0.4, -0.2) is 23.6 Å². The average molecular weight is 667 g/mol. The van der Waals surface area contributed by atoms with Crippen LogP contribution in [0.2, 0.25) is 0 Å². The molecule has 2 aliphatic rings. The van der Waals surface area contributed by atoms with Crippen molar-refractivity contribution in [3.8, 4) is 34.8 Å². The largest absolute Gasteiger partial charge is 0.457 e. The molecule has 0 bridgehead atoms. The fourth-order valence-electron chi connectivity index (χ4n) is 6.01. The molecule has 8 heteroatoms. The summed E-state index contributed by atoms with van der Waals surface area (Å²) in [5, 5.41) is 0. The molecule has 0 spiro atoms. The van der Waals surface area contributed by atoms with Crippen molar-refractivity contribution in [3.63, 3.8) is 0 Å². The number of anilines is 2. The molecule has 51 heavy (non-hydrogen) atoms. The highest BCUT2D eigenvalue weighted by Gasteiger charge is 2.37. The summed E-state index contributed by atoms with van der Waals surface area (Å²) in [4.78, 5) is 54.8. The van der Waals surface area contributed by atoms with E-state index in [0.29, 0.717) is 62.2 Å². The molecule has 6 aromatic carbocycles. The van der Waals surface area contributed by atoms with Crippen LogP contribution >= 0.6 is 0 Å². The molecule has 0 saturated carbocycles. The summed E-state index contributed by atoms with van der Waals surface area (Å²) in [7, 11) is 0. The number of amides is 4. The molecule has 0 aliphatic carbocycles. The summed E-state index contributed by atoms with van der Waals surface area (Å²) in [6.07, 6.45) is 0. The first-order valence-electron chi connectivity index (χ1n) is 16.1. The van der Waals surface area contributed by atoms with Crippen LogP contribution in [0, 0.1) is 18.8 Å². The third kappa shape index (κ3) is 5.90. The molecule has 8 nitrogen and oxygen atoms in total. The molecule has 8 rings (SSSR count). The third-order valence-corrected chi connectivity index (χ3v) is 8.52. The second kappa shape index (κ2) is 12.7. The van der Waals surface area contributed by atoms with Gasteiger partial charge in [-0.25, -0.2) is 9.80 Å². The maximum atomic E-state index is 13.3. The van der Waals surface area contributed by atoms with E-state index in [1.54, 1.807) is 103 Å². The van der Waals surface area contributed by atoms with Gasteiger partial charge in [0.05, 0.1) is 33.6 Å². The first-order valence-corrected chi connectivity index (χ1v) is 16.1. The number of carbonyl (C=O) groups is 4. The molecule has 0 radical (unpaired) electrons. The Morgan fingerprint density at radius 2 is 0.902 bits per heavy atom. The van der Waals surface area contributed by atoms with Gasteiger partial charge in [0.2, 0.25) is 0 Å². The molecule has 0 atom stereocenters. The van der Waals surface area contributed by atoms with Crippen molar-refractivity contribution in [2.45, 2.75) is 6.92 Å². The van der Waals surface area contributed by atoms with Crippen molar-refractivity contribution in [3.05, 3.63) is 178 Å². The number of imide groups is 2. The Hall–Kier alpha value is -7.24. The third-order valence-electron chi connectivity index (χ3n) is 8.52. The smallest absolute Gasteiger partial charge is 0.266 e. The molecule has 0 N–H and O–H groups in total. The summed E-state index contributed by atoms with van der Waals surface area (Å²) in [6.45, 7) is 1.88. The minimum Gasteiger partial charge on any atom is -0.457 e. The number of rotatable bonds is 6. The van der Waals surface area contributed by atoms with Gasteiger partial charge in [-0.3, -0.25) is 19.2 Å². The second-order valence-corrected chi connectivity index (χ2v) is 12.0. The monoisotopic (exact) mass is 666 g/mol. The van der Waals surface area contributed by atoms with Crippen LogP contribution in [0.4, 0.5) is 11.4 Å². The maximum absolute atomic E-state index is 13.3. The molecule has 0 unspecified atom stereocenters. The van der Waals surface area contributed by atoms with E-state index in [1.807, 2.05) is 43.3 Å². The van der Waals surface area contributed by atoms with Crippen LogP contribution in [-0.2, 0) is 0 Å². The van der Waals surface area contributed by atoms with E-state index in [1.165, 1.54) is 4.90 Å². The zero-order valence-corrected chi connectivity index (χ0v) is 27.1. The number of hydrogen-bond acceptors (Lipinski definition) is 6. The molecule has 6 aromatic rings. The molecule has 0 aromatic heterocycles. The van der Waals surface area contributed by atoms with Gasteiger partial charge in [0.25, 0.3) is 23.6 Å². The average Bonchev–Trinajstić information content (AvgIpc) is 3.55. The highest BCUT2D eigenvalue weighted by Crippen LogP contribution is 2.34. The normalized spacial score (nSPS) is 13.1. The topological polar surface area (TPSA) is 93.2 Å². The molecule has 0 saturated heterocycles. The summed E-state index contributed by atoms with van der Waals surface area (Å²) in [5.74, 6) is 6.63. The van der Waals surface area contributed by atoms with Crippen molar-refractivity contribution < 1.29 is 28.7 Å². The predicted octanol–water partition coefficient (Wildman–Crippen LogP) is 8.58. The van der Waals surface area contributed by atoms with Crippen LogP contribution in [0.3, 0.4) is 0 Å². The van der Waals surface area contributed by atoms with Gasteiger partial charge in [0.15, 0.2) is 0 Å². The van der Waals surface area contributed by atoms with Crippen LogP contribution in [0.5, 0.6) is 23.0 Å². The summed E-state index contributed by atoms with van der Waals surface area (Å²) >= 11 is 0. The van der Waals surface area contributed by atoms with Crippen LogP contribution < -0.4 is 19.3 Å². The number of aryl methyl sites for hydroxylation is 1. The summed E-state index contributed by atoms with van der Waals surface area (Å²) < 4.78 is 12.1. The second-order valence-electron chi connectivity index (χ2n) is 12.0. The first kappa shape index (κ1) is 31.1. The highest BCUT2D eigenvalue weighted by molar-refractivity contribution is 6.35. The maximum Gasteiger partial charge on any atom is 0.266 e. The van der Waals surface area contributed by atoms with Gasteiger partial charge in [-0.2, -0.15) is 0 Å². The standard InChI is InChI=1S/C43H26N2O6/c1-27-10-22-36-38(24-27)42(48)44(40(36)46)30-14-18-32(19-15-30)50-34-8-5-9-35(26-34)51-33-20-16-31(17-21-33)45-41(47)37-23-13-29(25-39(37)43(45)49)12-11-28-6-3-2-4-7-28/h2-10,13-26H,1H3. The van der Waals surface area contributed by atoms with Gasteiger partial charge in [-0.15, -0.1) is 0 Å². The van der Waals surface area contributed by atoms with Crippen molar-refractivity contribution in [1.29, 1.82) is 0 Å². The zero-order chi connectivity index (χ0) is 35.1. The number of ether oxygens (including phenoxy) is 2. The molecule has 244 valence electrons. The minimum atomic E-state index is -0.413. The number of nitrogens with zero attached hydrogens (tertiary/aromatic N) is 2. The lowest BCUT2D eigenvalue weighted by molar-refractivity contribution is 0.0910. The van der Waals surface area contributed by atoms with Gasteiger partial charge in [-0.05, 0) is 110 Å². The minimum absolute atomic E-state index is 0.310. The van der Waals surface area contributed by atoms with Gasteiger partial charge in [0.1, 0.15) is 23.0 Å². The lowest BCUT2D eigenvalue weighted by Crippen LogP contribution is -2.29. The van der Waals surface area contributed by atoms with Gasteiger partial charge in [0, 0.05) is 17.2 Å². The molecular weight excluding hydrogens is 640 g/mol. The quantitative estimate of drug-likeness (QED) is 0.131. The van der Waals surface area contributed by atoms with E-state index in [-0.39, 0.29) is 11.8 Å². The predicted molar refractivity (Wildman–Crippen MR) is 192 cm³/mol. The summed E-state index contributed by atoms with van der Waals surface area (Å²) in [6, 6.07) is 40.2. The summed E-state index contributed by atoms with van der Waals surface area (Å²) in [5.41, 5.74) is 4.70. The van der Waals surface area contributed by atoms with Gasteiger partial charge in [-0.1, -0.05) is 47.7 Å². The van der Waals surface area contributed by atoms with Crippen molar-refractivity contribution >= 4 is 35.0 Å². The van der Waals surface area contributed by atoms with E-state index in [2.05, 4.69) is 11.8 Å². The van der Waals surface area contributed by atoms with E-state index in [0.717, 1.165) is 16.0 Å². The Bertz CT molecular complexity index is 2460. The lowest BCUT2D eigenvalue weighted by Gasteiger charge is -2.15. The Balaban J connectivity index is 0.925. The Morgan fingerprint density at radius 3 is 1.47 bits per heavy atom. The fraction of sp³-hybridized carbons (Fsp3) is 0.0233. The first-order chi connectivity index (χ1) is 24.8. The van der Waals surface area contributed by atoms with Crippen molar-refractivity contribution in [1.82, 2.24) is 0 Å². The van der Waals surface area contributed by atoms with E-state index in [9.17, 15) is 19.2 Å². The van der Waals surface area contributed by atoms with E-state index in [4.69, 9.17) is 9.47 Å². The highest BCUT2D eigenvalue weighted by atomic mass is 16.5. The van der Waals surface area contributed by atoms with Crippen molar-refractivity contribution in [2.75, 3.05) is 9.80 Å². The Kier molecular flexibility index (Phi) is 7.71. The van der Waals surface area contributed by atoms with Crippen LogP contribution in [0.1, 0.15) is 58.1 Å². The van der Waals surface area contributed by atoms with Gasteiger partial charge < -0.3 is 9.47 Å². The fourth-order valence-corrected chi connectivity index (χ4v) is 6.01. The molecule has 4 amide bonds. The molecular formula is C43H26N2O6. The van der Waals surface area contributed by atoms with Crippen LogP contribution in [0.15, 0.2) is 140 Å². The molecule has 0 fully saturated rings. The molecule has 2 heterocycles. The Labute approximate surface area is 293 Å². The van der Waals surface area contributed by atoms with E-state index < -0.39 is 11.8 Å². The number of carbonyl (C=O) groups excluding carboxylic acids is 4. The zero-order valence-electron chi connectivity index (χ0n) is 27.1. The SMILES string of the molecule is Cc1ccc2c(c1)C(=O)N(c1ccc(Oc3cccc(Oc4ccc(N5C(=O)c6ccc(C#Cc7ccccc7)cc6C5=O)cc4)c3)cc1)C2=O. The number of benzene rings is 6. The van der Waals surface area contributed by atoms with Gasteiger partial charge >= 0.3 is 0 Å². The van der Waals surface area contributed by atoms with Crippen molar-refractivity contribution in [2.24, 2.45) is 0 Å².